The molecule has 114 valence electrons. The molecule has 1 aromatic heterocycles. The maximum Gasteiger partial charge on any atom is 0.263 e. The largest absolute Gasteiger partial charge is 0.390 e. The van der Waals surface area contributed by atoms with Crippen LogP contribution >= 0.6 is 0 Å². The van der Waals surface area contributed by atoms with Gasteiger partial charge in [0.2, 0.25) is 0 Å². The second-order valence-electron chi connectivity index (χ2n) is 4.59. The maximum atomic E-state index is 13.8. The van der Waals surface area contributed by atoms with Crippen LogP contribution in [0.15, 0.2) is 29.3 Å². The molecule has 1 aromatic carbocycles. The topological polar surface area (TPSA) is 71.3 Å². The molecule has 1 heterocycles. The number of benzene rings is 1. The van der Waals surface area contributed by atoms with E-state index in [4.69, 9.17) is 5.11 Å². The van der Waals surface area contributed by atoms with Crippen molar-refractivity contribution in [2.75, 3.05) is 4.72 Å². The van der Waals surface area contributed by atoms with Crippen molar-refractivity contribution in [2.45, 2.75) is 18.4 Å². The van der Waals surface area contributed by atoms with Gasteiger partial charge in [-0.25, -0.2) is 17.2 Å². The van der Waals surface area contributed by atoms with E-state index in [-0.39, 0.29) is 17.1 Å². The predicted molar refractivity (Wildman–Crippen MR) is 73.2 cm³/mol. The number of halogens is 2. The molecule has 5 nitrogen and oxygen atoms in total. The first kappa shape index (κ1) is 15.5. The molecule has 2 rings (SSSR count). The Kier molecular flexibility index (Phi) is 4.02. The Morgan fingerprint density at radius 1 is 1.33 bits per heavy atom. The summed E-state index contributed by atoms with van der Waals surface area (Å²) >= 11 is 0. The van der Waals surface area contributed by atoms with Gasteiger partial charge in [-0.3, -0.25) is 4.72 Å². The minimum absolute atomic E-state index is 0.123. The first-order valence-electron chi connectivity index (χ1n) is 6.00. The number of rotatable bonds is 4. The van der Waals surface area contributed by atoms with Gasteiger partial charge in [0, 0.05) is 18.9 Å². The van der Waals surface area contributed by atoms with Crippen molar-refractivity contribution >= 4 is 15.7 Å². The van der Waals surface area contributed by atoms with E-state index in [2.05, 4.69) is 0 Å². The highest BCUT2D eigenvalue weighted by atomic mass is 32.2. The van der Waals surface area contributed by atoms with Gasteiger partial charge in [0.1, 0.15) is 16.4 Å². The van der Waals surface area contributed by atoms with E-state index in [1.807, 2.05) is 4.72 Å². The number of aliphatic hydroxyl groups excluding tert-OH is 1. The summed E-state index contributed by atoms with van der Waals surface area (Å²) in [6.45, 7) is 1.05. The first-order valence-corrected chi connectivity index (χ1v) is 7.48. The Labute approximate surface area is 120 Å². The molecule has 21 heavy (non-hydrogen) atoms. The lowest BCUT2D eigenvalue weighted by molar-refractivity contribution is 0.272. The van der Waals surface area contributed by atoms with Crippen LogP contribution in [0.1, 0.15) is 11.3 Å². The van der Waals surface area contributed by atoms with Gasteiger partial charge in [0.25, 0.3) is 10.0 Å². The standard InChI is InChI=1S/C13H14F2N2O3S/c1-8-3-4-11(14)13(12(8)15)16-21(19,20)10-5-9(7-18)17(2)6-10/h3-6,16,18H,7H2,1-2H3. The smallest absolute Gasteiger partial charge is 0.263 e. The molecule has 0 amide bonds. The van der Waals surface area contributed by atoms with Crippen molar-refractivity contribution < 1.29 is 22.3 Å². The third-order valence-electron chi connectivity index (χ3n) is 3.08. The Hall–Kier alpha value is -1.93. The molecule has 0 spiro atoms. The van der Waals surface area contributed by atoms with E-state index < -0.39 is 27.3 Å². The van der Waals surface area contributed by atoms with Crippen molar-refractivity contribution in [1.82, 2.24) is 4.57 Å². The Morgan fingerprint density at radius 3 is 2.57 bits per heavy atom. The predicted octanol–water partition coefficient (Wildman–Crippen LogP) is 1.90. The van der Waals surface area contributed by atoms with Gasteiger partial charge in [0.15, 0.2) is 5.82 Å². The third-order valence-corrected chi connectivity index (χ3v) is 4.39. The fourth-order valence-electron chi connectivity index (χ4n) is 1.82. The lowest BCUT2D eigenvalue weighted by Gasteiger charge is -2.10. The van der Waals surface area contributed by atoms with E-state index in [9.17, 15) is 17.2 Å². The van der Waals surface area contributed by atoms with Crippen LogP contribution in [0.5, 0.6) is 0 Å². The second-order valence-corrected chi connectivity index (χ2v) is 6.28. The molecule has 0 aliphatic carbocycles. The van der Waals surface area contributed by atoms with Crippen molar-refractivity contribution in [2.24, 2.45) is 7.05 Å². The first-order chi connectivity index (χ1) is 9.76. The fraction of sp³-hybridized carbons (Fsp3) is 0.231. The van der Waals surface area contributed by atoms with Crippen LogP contribution in [-0.4, -0.2) is 18.1 Å². The molecule has 0 radical (unpaired) electrons. The van der Waals surface area contributed by atoms with E-state index in [0.29, 0.717) is 5.69 Å². The van der Waals surface area contributed by atoms with E-state index in [0.717, 1.165) is 6.07 Å². The lowest BCUT2D eigenvalue weighted by Crippen LogP contribution is -2.15. The molecule has 0 saturated carbocycles. The van der Waals surface area contributed by atoms with Crippen molar-refractivity contribution in [1.29, 1.82) is 0 Å². The SMILES string of the molecule is Cc1ccc(F)c(NS(=O)(=O)c2cc(CO)n(C)c2)c1F. The Bertz CT molecular complexity index is 785. The van der Waals surface area contributed by atoms with E-state index >= 15 is 0 Å². The molecule has 0 saturated heterocycles. The normalized spacial score (nSPS) is 11.7. The summed E-state index contributed by atoms with van der Waals surface area (Å²) in [5.74, 6) is -1.96. The zero-order valence-electron chi connectivity index (χ0n) is 11.4. The van der Waals surface area contributed by atoms with Crippen LogP contribution in [-0.2, 0) is 23.7 Å². The highest BCUT2D eigenvalue weighted by Gasteiger charge is 2.22. The molecule has 0 aliphatic heterocycles. The zero-order valence-corrected chi connectivity index (χ0v) is 12.2. The van der Waals surface area contributed by atoms with Gasteiger partial charge >= 0.3 is 0 Å². The molecule has 8 heteroatoms. The summed E-state index contributed by atoms with van der Waals surface area (Å²) in [4.78, 5) is -0.186. The average molecular weight is 316 g/mol. The fourth-order valence-corrected chi connectivity index (χ4v) is 2.99. The number of anilines is 1. The number of hydrogen-bond donors (Lipinski definition) is 2. The highest BCUT2D eigenvalue weighted by Crippen LogP contribution is 2.25. The Balaban J connectivity index is 2.44. The summed E-state index contributed by atoms with van der Waals surface area (Å²) in [6, 6.07) is 3.43. The number of nitrogens with one attached hydrogen (secondary N) is 1. The van der Waals surface area contributed by atoms with E-state index in [1.54, 1.807) is 7.05 Å². The zero-order chi connectivity index (χ0) is 15.8. The molecular formula is C13H14F2N2O3S. The summed E-state index contributed by atoms with van der Waals surface area (Å²) in [5.41, 5.74) is -0.233. The molecule has 2 aromatic rings. The van der Waals surface area contributed by atoms with Gasteiger partial charge in [-0.2, -0.15) is 0 Å². The molecular weight excluding hydrogens is 302 g/mol. The van der Waals surface area contributed by atoms with Crippen LogP contribution in [0.25, 0.3) is 0 Å². The van der Waals surface area contributed by atoms with Crippen LogP contribution in [0.2, 0.25) is 0 Å². The van der Waals surface area contributed by atoms with Gasteiger partial charge < -0.3 is 9.67 Å². The van der Waals surface area contributed by atoms with Crippen molar-refractivity contribution in [3.05, 3.63) is 47.3 Å². The van der Waals surface area contributed by atoms with Gasteiger partial charge in [0.05, 0.1) is 6.61 Å². The van der Waals surface area contributed by atoms with Gasteiger partial charge in [-0.05, 0) is 24.6 Å². The quantitative estimate of drug-likeness (QED) is 0.905. The number of nitrogens with zero attached hydrogens (tertiary/aromatic N) is 1. The molecule has 0 bridgehead atoms. The highest BCUT2D eigenvalue weighted by molar-refractivity contribution is 7.92. The number of hydrogen-bond acceptors (Lipinski definition) is 3. The lowest BCUT2D eigenvalue weighted by atomic mass is 10.2. The molecule has 2 N–H and O–H groups in total. The Morgan fingerprint density at radius 2 is 2.00 bits per heavy atom. The van der Waals surface area contributed by atoms with Crippen LogP contribution < -0.4 is 4.72 Å². The second kappa shape index (κ2) is 5.45. The number of aromatic nitrogens is 1. The van der Waals surface area contributed by atoms with E-state index in [1.165, 1.54) is 29.8 Å². The number of aliphatic hydroxyl groups is 1. The average Bonchev–Trinajstić information content (AvgIpc) is 2.81. The summed E-state index contributed by atoms with van der Waals surface area (Å²) in [5, 5.41) is 9.06. The maximum absolute atomic E-state index is 13.8. The molecule has 0 aliphatic rings. The molecule has 0 fully saturated rings. The molecule has 0 atom stereocenters. The van der Waals surface area contributed by atoms with Crippen LogP contribution in [0, 0.1) is 18.6 Å². The van der Waals surface area contributed by atoms with Gasteiger partial charge in [-0.15, -0.1) is 0 Å². The van der Waals surface area contributed by atoms with Crippen LogP contribution in [0.3, 0.4) is 0 Å². The third kappa shape index (κ3) is 2.91. The minimum Gasteiger partial charge on any atom is -0.390 e. The number of aryl methyl sites for hydroxylation is 2. The van der Waals surface area contributed by atoms with Crippen molar-refractivity contribution in [3.63, 3.8) is 0 Å². The van der Waals surface area contributed by atoms with Crippen molar-refractivity contribution in [3.8, 4) is 0 Å². The summed E-state index contributed by atoms with van der Waals surface area (Å²) in [6.07, 6.45) is 1.25. The summed E-state index contributed by atoms with van der Waals surface area (Å²) in [7, 11) is -2.59. The monoisotopic (exact) mass is 316 g/mol. The summed E-state index contributed by atoms with van der Waals surface area (Å²) < 4.78 is 55.1. The van der Waals surface area contributed by atoms with Gasteiger partial charge in [-0.1, -0.05) is 6.07 Å². The minimum atomic E-state index is -4.15. The number of sulfonamides is 1. The van der Waals surface area contributed by atoms with Crippen LogP contribution in [0.4, 0.5) is 14.5 Å². The molecule has 0 unspecified atom stereocenters.